The fourth-order valence-corrected chi connectivity index (χ4v) is 3.47. The molecule has 0 radical (unpaired) electrons. The van der Waals surface area contributed by atoms with Gasteiger partial charge in [-0.2, -0.15) is 0 Å². The molecule has 3 heteroatoms. The van der Waals surface area contributed by atoms with Crippen molar-refractivity contribution in [2.45, 2.75) is 13.0 Å². The Morgan fingerprint density at radius 2 is 1.88 bits per heavy atom. The Hall–Kier alpha value is -2.52. The molecule has 0 unspecified atom stereocenters. The lowest BCUT2D eigenvalue weighted by Crippen LogP contribution is -2.23. The normalized spacial score (nSPS) is 15.4. The van der Waals surface area contributed by atoms with Crippen molar-refractivity contribution in [3.8, 4) is 5.75 Å². The van der Waals surface area contributed by atoms with Gasteiger partial charge >= 0.3 is 0 Å². The SMILES string of the molecule is CN1CC=C(c2cn(C)c3ccc(OCc4ccccc4)cc23)CC1. The molecular weight excluding hydrogens is 308 g/mol. The van der Waals surface area contributed by atoms with Gasteiger partial charge in [0, 0.05) is 42.8 Å². The highest BCUT2D eigenvalue weighted by Gasteiger charge is 2.15. The zero-order valence-corrected chi connectivity index (χ0v) is 14.9. The smallest absolute Gasteiger partial charge is 0.120 e. The molecule has 1 aliphatic rings. The summed E-state index contributed by atoms with van der Waals surface area (Å²) in [6.45, 7) is 2.74. The average molecular weight is 332 g/mol. The van der Waals surface area contributed by atoms with Gasteiger partial charge in [0.25, 0.3) is 0 Å². The number of aromatic nitrogens is 1. The van der Waals surface area contributed by atoms with Gasteiger partial charge < -0.3 is 14.2 Å². The van der Waals surface area contributed by atoms with Crippen molar-refractivity contribution in [3.05, 3.63) is 71.9 Å². The van der Waals surface area contributed by atoms with E-state index in [2.05, 4.69) is 66.2 Å². The Morgan fingerprint density at radius 1 is 1.04 bits per heavy atom. The molecule has 1 aliphatic heterocycles. The van der Waals surface area contributed by atoms with Crippen LogP contribution in [0.15, 0.2) is 60.8 Å². The quantitative estimate of drug-likeness (QED) is 0.701. The molecule has 0 spiro atoms. The van der Waals surface area contributed by atoms with Crippen LogP contribution >= 0.6 is 0 Å². The molecular formula is C22H24N2O. The number of nitrogens with zero attached hydrogens (tertiary/aromatic N) is 2. The molecule has 0 saturated carbocycles. The Labute approximate surface area is 149 Å². The molecule has 0 amide bonds. The summed E-state index contributed by atoms with van der Waals surface area (Å²) in [6.07, 6.45) is 5.71. The maximum atomic E-state index is 6.03. The van der Waals surface area contributed by atoms with Gasteiger partial charge in [0.05, 0.1) is 0 Å². The van der Waals surface area contributed by atoms with Crippen molar-refractivity contribution in [2.75, 3.05) is 20.1 Å². The minimum atomic E-state index is 0.599. The van der Waals surface area contributed by atoms with Crippen LogP contribution in [0, 0.1) is 0 Å². The van der Waals surface area contributed by atoms with Gasteiger partial charge in [0.1, 0.15) is 12.4 Å². The molecule has 25 heavy (non-hydrogen) atoms. The summed E-state index contributed by atoms with van der Waals surface area (Å²) in [4.78, 5) is 2.35. The predicted octanol–water partition coefficient (Wildman–Crippen LogP) is 4.48. The molecule has 0 aliphatic carbocycles. The molecule has 0 saturated heterocycles. The molecule has 2 heterocycles. The lowest BCUT2D eigenvalue weighted by molar-refractivity contribution is 0.306. The molecule has 0 N–H and O–H groups in total. The number of aryl methyl sites for hydroxylation is 1. The summed E-state index contributed by atoms with van der Waals surface area (Å²) in [5, 5.41) is 1.28. The number of hydrogen-bond acceptors (Lipinski definition) is 2. The molecule has 1 aromatic heterocycles. The van der Waals surface area contributed by atoms with Crippen molar-refractivity contribution >= 4 is 16.5 Å². The number of likely N-dealkylation sites (N-methyl/N-ethyl adjacent to an activating group) is 1. The van der Waals surface area contributed by atoms with Crippen LogP contribution in [-0.2, 0) is 13.7 Å². The zero-order valence-electron chi connectivity index (χ0n) is 14.9. The maximum absolute atomic E-state index is 6.03. The lowest BCUT2D eigenvalue weighted by atomic mass is 9.99. The van der Waals surface area contributed by atoms with Crippen molar-refractivity contribution < 1.29 is 4.74 Å². The second-order valence-electron chi connectivity index (χ2n) is 6.85. The van der Waals surface area contributed by atoms with Gasteiger partial charge in [-0.05, 0) is 42.8 Å². The fourth-order valence-electron chi connectivity index (χ4n) is 3.47. The third-order valence-corrected chi connectivity index (χ3v) is 4.97. The minimum Gasteiger partial charge on any atom is -0.489 e. The molecule has 0 bridgehead atoms. The van der Waals surface area contributed by atoms with E-state index in [0.717, 1.165) is 25.3 Å². The Balaban J connectivity index is 1.64. The average Bonchev–Trinajstić information content (AvgIpc) is 2.98. The van der Waals surface area contributed by atoms with E-state index in [1.807, 2.05) is 18.2 Å². The van der Waals surface area contributed by atoms with Crippen LogP contribution in [0.3, 0.4) is 0 Å². The summed E-state index contributed by atoms with van der Waals surface area (Å²) >= 11 is 0. The topological polar surface area (TPSA) is 17.4 Å². The molecule has 128 valence electrons. The van der Waals surface area contributed by atoms with Gasteiger partial charge in [-0.1, -0.05) is 36.4 Å². The standard InChI is InChI=1S/C22H24N2O/c1-23-12-10-18(11-13-23)21-15-24(2)22-9-8-19(14-20(21)22)25-16-17-6-4-3-5-7-17/h3-10,14-15H,11-13,16H2,1-2H3. The maximum Gasteiger partial charge on any atom is 0.120 e. The van der Waals surface area contributed by atoms with Crippen LogP contribution in [0.4, 0.5) is 0 Å². The van der Waals surface area contributed by atoms with Gasteiger partial charge in [-0.3, -0.25) is 0 Å². The van der Waals surface area contributed by atoms with Crippen LogP contribution < -0.4 is 4.74 Å². The van der Waals surface area contributed by atoms with Crippen LogP contribution in [0.5, 0.6) is 5.75 Å². The van der Waals surface area contributed by atoms with Crippen molar-refractivity contribution in [1.82, 2.24) is 9.47 Å². The molecule has 0 atom stereocenters. The third kappa shape index (κ3) is 3.33. The Kier molecular flexibility index (Phi) is 4.33. The van der Waals surface area contributed by atoms with Crippen LogP contribution in [-0.4, -0.2) is 29.6 Å². The lowest BCUT2D eigenvalue weighted by Gasteiger charge is -2.21. The second kappa shape index (κ2) is 6.77. The molecule has 3 aromatic rings. The fraction of sp³-hybridized carbons (Fsp3) is 0.273. The van der Waals surface area contributed by atoms with E-state index in [1.165, 1.54) is 27.6 Å². The first-order chi connectivity index (χ1) is 12.2. The Bertz CT molecular complexity index is 908. The summed E-state index contributed by atoms with van der Waals surface area (Å²) in [6, 6.07) is 16.7. The first-order valence-electron chi connectivity index (χ1n) is 8.84. The summed E-state index contributed by atoms with van der Waals surface area (Å²) in [5.41, 5.74) is 5.23. The van der Waals surface area contributed by atoms with Crippen LogP contribution in [0.1, 0.15) is 17.5 Å². The summed E-state index contributed by atoms with van der Waals surface area (Å²) in [5.74, 6) is 0.928. The molecule has 3 nitrogen and oxygen atoms in total. The zero-order chi connectivity index (χ0) is 17.2. The number of fused-ring (bicyclic) bond motifs is 1. The largest absolute Gasteiger partial charge is 0.489 e. The summed E-state index contributed by atoms with van der Waals surface area (Å²) in [7, 11) is 4.29. The van der Waals surface area contributed by atoms with E-state index in [-0.39, 0.29) is 0 Å². The monoisotopic (exact) mass is 332 g/mol. The first-order valence-corrected chi connectivity index (χ1v) is 8.84. The molecule has 4 rings (SSSR count). The van der Waals surface area contributed by atoms with Crippen molar-refractivity contribution in [3.63, 3.8) is 0 Å². The van der Waals surface area contributed by atoms with Gasteiger partial charge in [0.15, 0.2) is 0 Å². The number of benzene rings is 2. The van der Waals surface area contributed by atoms with E-state index < -0.39 is 0 Å². The van der Waals surface area contributed by atoms with E-state index >= 15 is 0 Å². The third-order valence-electron chi connectivity index (χ3n) is 4.97. The van der Waals surface area contributed by atoms with Gasteiger partial charge in [0.2, 0.25) is 0 Å². The number of ether oxygens (including phenoxy) is 1. The minimum absolute atomic E-state index is 0.599. The Morgan fingerprint density at radius 3 is 2.64 bits per heavy atom. The first kappa shape index (κ1) is 16.0. The number of rotatable bonds is 4. The highest BCUT2D eigenvalue weighted by Crippen LogP contribution is 2.32. The van der Waals surface area contributed by atoms with E-state index in [1.54, 1.807) is 0 Å². The van der Waals surface area contributed by atoms with Crippen molar-refractivity contribution in [1.29, 1.82) is 0 Å². The molecule has 2 aromatic carbocycles. The van der Waals surface area contributed by atoms with E-state index in [0.29, 0.717) is 6.61 Å². The van der Waals surface area contributed by atoms with Crippen LogP contribution in [0.25, 0.3) is 16.5 Å². The summed E-state index contributed by atoms with van der Waals surface area (Å²) < 4.78 is 8.24. The highest BCUT2D eigenvalue weighted by molar-refractivity contribution is 5.94. The predicted molar refractivity (Wildman–Crippen MR) is 104 cm³/mol. The van der Waals surface area contributed by atoms with E-state index in [4.69, 9.17) is 4.74 Å². The number of hydrogen-bond donors (Lipinski definition) is 0. The van der Waals surface area contributed by atoms with E-state index in [9.17, 15) is 0 Å². The highest BCUT2D eigenvalue weighted by atomic mass is 16.5. The second-order valence-corrected chi connectivity index (χ2v) is 6.85. The van der Waals surface area contributed by atoms with Crippen molar-refractivity contribution in [2.24, 2.45) is 7.05 Å². The van der Waals surface area contributed by atoms with Gasteiger partial charge in [-0.15, -0.1) is 0 Å². The molecule has 0 fully saturated rings. The van der Waals surface area contributed by atoms with Crippen LogP contribution in [0.2, 0.25) is 0 Å². The van der Waals surface area contributed by atoms with Gasteiger partial charge in [-0.25, -0.2) is 0 Å².